The lowest BCUT2D eigenvalue weighted by Gasteiger charge is -2.10. The largest absolute Gasteiger partial charge is 0.490 e. The van der Waals surface area contributed by atoms with Crippen LogP contribution in [0.15, 0.2) is 36.4 Å². The Labute approximate surface area is 132 Å². The van der Waals surface area contributed by atoms with E-state index < -0.39 is 0 Å². The number of hydrogen-bond acceptors (Lipinski definition) is 3. The third kappa shape index (κ3) is 4.10. The highest BCUT2D eigenvalue weighted by Gasteiger charge is 2.07. The lowest BCUT2D eigenvalue weighted by molar-refractivity contribution is 0.217. The van der Waals surface area contributed by atoms with Crippen molar-refractivity contribution >= 4 is 40.5 Å². The van der Waals surface area contributed by atoms with Gasteiger partial charge >= 0.3 is 0 Å². The molecule has 3 nitrogen and oxygen atoms in total. The van der Waals surface area contributed by atoms with E-state index in [0.717, 1.165) is 0 Å². The van der Waals surface area contributed by atoms with Crippen molar-refractivity contribution in [2.75, 3.05) is 18.9 Å². The molecular formula is C14H12Cl3NO2. The molecule has 0 aliphatic heterocycles. The van der Waals surface area contributed by atoms with Crippen LogP contribution in [0, 0.1) is 0 Å². The number of ether oxygens (including phenoxy) is 2. The van der Waals surface area contributed by atoms with E-state index in [9.17, 15) is 0 Å². The summed E-state index contributed by atoms with van der Waals surface area (Å²) in [6, 6.07) is 10.3. The van der Waals surface area contributed by atoms with Crippen molar-refractivity contribution in [3.8, 4) is 11.5 Å². The second-order valence-corrected chi connectivity index (χ2v) is 5.19. The lowest BCUT2D eigenvalue weighted by atomic mass is 10.3. The minimum atomic E-state index is 0.326. The molecule has 0 unspecified atom stereocenters. The van der Waals surface area contributed by atoms with E-state index in [1.54, 1.807) is 24.3 Å². The summed E-state index contributed by atoms with van der Waals surface area (Å²) in [7, 11) is 0. The Morgan fingerprint density at radius 3 is 2.30 bits per heavy atom. The van der Waals surface area contributed by atoms with Crippen LogP contribution in [0.5, 0.6) is 11.5 Å². The zero-order chi connectivity index (χ0) is 14.5. The minimum absolute atomic E-state index is 0.326. The standard InChI is InChI=1S/C14H12Cl3NO2/c15-11-7-13(17)14(8-12(11)16)20-5-4-19-10-3-1-2-9(18)6-10/h1-3,6-8H,4-5,18H2. The van der Waals surface area contributed by atoms with Gasteiger partial charge < -0.3 is 15.2 Å². The van der Waals surface area contributed by atoms with Gasteiger partial charge in [-0.2, -0.15) is 0 Å². The Bertz CT molecular complexity index is 605. The highest BCUT2D eigenvalue weighted by atomic mass is 35.5. The zero-order valence-electron chi connectivity index (χ0n) is 10.4. The summed E-state index contributed by atoms with van der Waals surface area (Å²) in [4.78, 5) is 0. The normalized spacial score (nSPS) is 10.3. The van der Waals surface area contributed by atoms with Crippen LogP contribution in [0.2, 0.25) is 15.1 Å². The van der Waals surface area contributed by atoms with Gasteiger partial charge in [-0.15, -0.1) is 0 Å². The van der Waals surface area contributed by atoms with E-state index in [1.165, 1.54) is 0 Å². The molecule has 0 bridgehead atoms. The second kappa shape index (κ2) is 6.93. The molecule has 0 aliphatic carbocycles. The summed E-state index contributed by atoms with van der Waals surface area (Å²) < 4.78 is 11.0. The van der Waals surface area contributed by atoms with Gasteiger partial charge in [0.05, 0.1) is 15.1 Å². The average Bonchev–Trinajstić information content (AvgIpc) is 2.40. The first kappa shape index (κ1) is 15.1. The molecule has 0 aliphatic rings. The number of nitrogen functional groups attached to an aromatic ring is 1. The SMILES string of the molecule is Nc1cccc(OCCOc2cc(Cl)c(Cl)cc2Cl)c1. The highest BCUT2D eigenvalue weighted by Crippen LogP contribution is 2.33. The van der Waals surface area contributed by atoms with Crippen LogP contribution in [0.4, 0.5) is 5.69 Å². The van der Waals surface area contributed by atoms with Gasteiger partial charge in [-0.05, 0) is 18.2 Å². The maximum absolute atomic E-state index is 5.99. The Balaban J connectivity index is 1.86. The van der Waals surface area contributed by atoms with E-state index >= 15 is 0 Å². The lowest BCUT2D eigenvalue weighted by Crippen LogP contribution is -2.09. The fourth-order valence-corrected chi connectivity index (χ4v) is 2.12. The van der Waals surface area contributed by atoms with Crippen molar-refractivity contribution in [2.45, 2.75) is 0 Å². The van der Waals surface area contributed by atoms with Crippen LogP contribution in [0.3, 0.4) is 0 Å². The number of hydrogen-bond donors (Lipinski definition) is 1. The van der Waals surface area contributed by atoms with E-state index in [4.69, 9.17) is 50.0 Å². The van der Waals surface area contributed by atoms with Crippen LogP contribution >= 0.6 is 34.8 Å². The molecule has 0 atom stereocenters. The number of rotatable bonds is 5. The molecule has 106 valence electrons. The average molecular weight is 333 g/mol. The molecule has 0 fully saturated rings. The molecule has 20 heavy (non-hydrogen) atoms. The van der Waals surface area contributed by atoms with Crippen molar-refractivity contribution in [3.63, 3.8) is 0 Å². The predicted molar refractivity (Wildman–Crippen MR) is 83.3 cm³/mol. The summed E-state index contributed by atoms with van der Waals surface area (Å²) >= 11 is 17.7. The molecule has 6 heteroatoms. The third-order valence-electron chi connectivity index (χ3n) is 2.44. The van der Waals surface area contributed by atoms with Crippen LogP contribution in [-0.4, -0.2) is 13.2 Å². The third-order valence-corrected chi connectivity index (χ3v) is 3.46. The smallest absolute Gasteiger partial charge is 0.139 e. The molecular weight excluding hydrogens is 321 g/mol. The van der Waals surface area contributed by atoms with Crippen molar-refractivity contribution in [1.82, 2.24) is 0 Å². The van der Waals surface area contributed by atoms with Gasteiger partial charge in [0.15, 0.2) is 0 Å². The first-order valence-electron chi connectivity index (χ1n) is 5.82. The topological polar surface area (TPSA) is 44.5 Å². The van der Waals surface area contributed by atoms with Crippen LogP contribution in [0.1, 0.15) is 0 Å². The number of benzene rings is 2. The Morgan fingerprint density at radius 2 is 1.55 bits per heavy atom. The molecule has 2 aromatic carbocycles. The fraction of sp³-hybridized carbons (Fsp3) is 0.143. The van der Waals surface area contributed by atoms with Gasteiger partial charge in [0, 0.05) is 17.8 Å². The van der Waals surface area contributed by atoms with Gasteiger partial charge in [-0.25, -0.2) is 0 Å². The Hall–Kier alpha value is -1.29. The van der Waals surface area contributed by atoms with Crippen molar-refractivity contribution < 1.29 is 9.47 Å². The van der Waals surface area contributed by atoms with E-state index in [0.29, 0.717) is 45.5 Å². The quantitative estimate of drug-likeness (QED) is 0.491. The second-order valence-electron chi connectivity index (χ2n) is 3.97. The molecule has 0 radical (unpaired) electrons. The molecule has 0 spiro atoms. The molecule has 0 amide bonds. The maximum atomic E-state index is 5.99. The summed E-state index contributed by atoms with van der Waals surface area (Å²) in [5.41, 5.74) is 6.30. The molecule has 0 heterocycles. The maximum Gasteiger partial charge on any atom is 0.139 e. The highest BCUT2D eigenvalue weighted by molar-refractivity contribution is 6.43. The van der Waals surface area contributed by atoms with Gasteiger partial charge in [-0.1, -0.05) is 40.9 Å². The summed E-state index contributed by atoms with van der Waals surface area (Å²) in [5.74, 6) is 1.16. The molecule has 2 aromatic rings. The molecule has 0 aromatic heterocycles. The summed E-state index contributed by atoms with van der Waals surface area (Å²) in [5, 5.41) is 1.19. The number of anilines is 1. The van der Waals surface area contributed by atoms with Gasteiger partial charge in [0.2, 0.25) is 0 Å². The molecule has 2 N–H and O–H groups in total. The first-order chi connectivity index (χ1) is 9.56. The van der Waals surface area contributed by atoms with Crippen molar-refractivity contribution in [3.05, 3.63) is 51.5 Å². The van der Waals surface area contributed by atoms with Crippen molar-refractivity contribution in [2.24, 2.45) is 0 Å². The van der Waals surface area contributed by atoms with Gasteiger partial charge in [0.1, 0.15) is 24.7 Å². The molecule has 0 saturated heterocycles. The van der Waals surface area contributed by atoms with Gasteiger partial charge in [0.25, 0.3) is 0 Å². The van der Waals surface area contributed by atoms with Crippen LogP contribution < -0.4 is 15.2 Å². The summed E-state index contributed by atoms with van der Waals surface area (Å²) in [6.07, 6.45) is 0. The van der Waals surface area contributed by atoms with Crippen LogP contribution in [0.25, 0.3) is 0 Å². The molecule has 0 saturated carbocycles. The Morgan fingerprint density at radius 1 is 0.850 bits per heavy atom. The van der Waals surface area contributed by atoms with Crippen LogP contribution in [-0.2, 0) is 0 Å². The Kier molecular flexibility index (Phi) is 5.24. The van der Waals surface area contributed by atoms with E-state index in [2.05, 4.69) is 0 Å². The number of halogens is 3. The first-order valence-corrected chi connectivity index (χ1v) is 6.95. The monoisotopic (exact) mass is 331 g/mol. The molecule has 2 rings (SSSR count). The van der Waals surface area contributed by atoms with Gasteiger partial charge in [-0.3, -0.25) is 0 Å². The zero-order valence-corrected chi connectivity index (χ0v) is 12.7. The van der Waals surface area contributed by atoms with Crippen molar-refractivity contribution in [1.29, 1.82) is 0 Å². The summed E-state index contributed by atoms with van der Waals surface area (Å²) in [6.45, 7) is 0.687. The fourth-order valence-electron chi connectivity index (χ4n) is 1.53. The number of nitrogens with two attached hydrogens (primary N) is 1. The predicted octanol–water partition coefficient (Wildman–Crippen LogP) is 4.69. The van der Waals surface area contributed by atoms with E-state index in [1.807, 2.05) is 12.1 Å². The minimum Gasteiger partial charge on any atom is -0.490 e. The van der Waals surface area contributed by atoms with E-state index in [-0.39, 0.29) is 0 Å².